The summed E-state index contributed by atoms with van der Waals surface area (Å²) in [5, 5.41) is 0. The lowest BCUT2D eigenvalue weighted by molar-refractivity contribution is -0.130. The van der Waals surface area contributed by atoms with Crippen LogP contribution in [0.3, 0.4) is 0 Å². The molecule has 148 valence electrons. The number of rotatable bonds is 6. The van der Waals surface area contributed by atoms with Crippen LogP contribution in [-0.2, 0) is 14.1 Å². The van der Waals surface area contributed by atoms with Crippen LogP contribution < -0.4 is 0 Å². The fourth-order valence-electron chi connectivity index (χ4n) is 4.27. The van der Waals surface area contributed by atoms with Gasteiger partial charge in [0.05, 0.1) is 11.2 Å². The molecule has 0 unspecified atom stereocenters. The van der Waals surface area contributed by atoms with Gasteiger partial charge in [0.1, 0.15) is 0 Å². The minimum atomic E-state index is -0.387. The van der Waals surface area contributed by atoms with Crippen LogP contribution in [0.25, 0.3) is 0 Å². The van der Waals surface area contributed by atoms with Gasteiger partial charge in [0.2, 0.25) is 5.91 Å². The highest BCUT2D eigenvalue weighted by molar-refractivity contribution is 6.48. The van der Waals surface area contributed by atoms with Crippen LogP contribution in [0.1, 0.15) is 71.8 Å². The highest BCUT2D eigenvalue weighted by Crippen LogP contribution is 2.46. The first-order valence-electron chi connectivity index (χ1n) is 10.4. The minimum absolute atomic E-state index is 0.00606. The average Bonchev–Trinajstić information content (AvgIpc) is 3.22. The summed E-state index contributed by atoms with van der Waals surface area (Å²) in [5.74, 6) is 0.473. The Hall–Kier alpha value is -1.33. The number of benzene rings is 1. The van der Waals surface area contributed by atoms with E-state index in [-0.39, 0.29) is 36.0 Å². The van der Waals surface area contributed by atoms with E-state index < -0.39 is 0 Å². The molecule has 2 heterocycles. The summed E-state index contributed by atoms with van der Waals surface area (Å²) in [6.45, 7) is 12.3. The summed E-state index contributed by atoms with van der Waals surface area (Å²) < 4.78 is 12.8. The third-order valence-corrected chi connectivity index (χ3v) is 6.67. The van der Waals surface area contributed by atoms with Crippen LogP contribution in [0.5, 0.6) is 0 Å². The zero-order valence-corrected chi connectivity index (χ0v) is 17.5. The van der Waals surface area contributed by atoms with Crippen molar-refractivity contribution in [2.75, 3.05) is 13.1 Å². The molecule has 2 aliphatic rings. The molecule has 0 N–H and O–H groups in total. The van der Waals surface area contributed by atoms with Gasteiger partial charge in [0.25, 0.3) is 0 Å². The molecule has 5 heteroatoms. The molecule has 0 radical (unpaired) electrons. The van der Waals surface area contributed by atoms with Crippen LogP contribution in [0.4, 0.5) is 0 Å². The van der Waals surface area contributed by atoms with Crippen molar-refractivity contribution < 1.29 is 14.1 Å². The van der Waals surface area contributed by atoms with E-state index in [1.165, 1.54) is 5.56 Å². The van der Waals surface area contributed by atoms with Gasteiger partial charge in [-0.3, -0.25) is 4.79 Å². The van der Waals surface area contributed by atoms with E-state index in [0.29, 0.717) is 6.42 Å². The van der Waals surface area contributed by atoms with Crippen molar-refractivity contribution in [3.8, 4) is 0 Å². The van der Waals surface area contributed by atoms with Crippen molar-refractivity contribution >= 4 is 13.0 Å². The lowest BCUT2D eigenvalue weighted by Crippen LogP contribution is -2.41. The van der Waals surface area contributed by atoms with Crippen LogP contribution in [0, 0.1) is 0 Å². The van der Waals surface area contributed by atoms with Crippen molar-refractivity contribution in [1.29, 1.82) is 0 Å². The van der Waals surface area contributed by atoms with Gasteiger partial charge in [-0.1, -0.05) is 37.3 Å². The zero-order valence-electron chi connectivity index (χ0n) is 17.5. The first-order valence-corrected chi connectivity index (χ1v) is 10.4. The average molecular weight is 371 g/mol. The van der Waals surface area contributed by atoms with Gasteiger partial charge < -0.3 is 14.2 Å². The summed E-state index contributed by atoms with van der Waals surface area (Å²) in [4.78, 5) is 15.0. The van der Waals surface area contributed by atoms with E-state index in [1.807, 2.05) is 11.0 Å². The number of likely N-dealkylation sites (tertiary alicyclic amines) is 1. The van der Waals surface area contributed by atoms with Gasteiger partial charge >= 0.3 is 7.12 Å². The Kier molecular flexibility index (Phi) is 6.02. The smallest absolute Gasteiger partial charge is 0.403 e. The maximum absolute atomic E-state index is 13.0. The summed E-state index contributed by atoms with van der Waals surface area (Å²) in [6.07, 6.45) is 3.65. The summed E-state index contributed by atoms with van der Waals surface area (Å²) in [5.41, 5.74) is 0.484. The number of hydrogen-bond donors (Lipinski definition) is 0. The molecule has 0 aliphatic carbocycles. The van der Waals surface area contributed by atoms with Gasteiger partial charge in [-0.2, -0.15) is 0 Å². The Bertz CT molecular complexity index is 624. The van der Waals surface area contributed by atoms with Gasteiger partial charge in [-0.05, 0) is 58.4 Å². The van der Waals surface area contributed by atoms with E-state index in [2.05, 4.69) is 58.9 Å². The first-order chi connectivity index (χ1) is 12.7. The van der Waals surface area contributed by atoms with Gasteiger partial charge in [-0.25, -0.2) is 0 Å². The molecule has 27 heavy (non-hydrogen) atoms. The first kappa shape index (κ1) is 20.4. The van der Waals surface area contributed by atoms with Gasteiger partial charge in [-0.15, -0.1) is 0 Å². The lowest BCUT2D eigenvalue weighted by Gasteiger charge is -2.32. The highest BCUT2D eigenvalue weighted by Gasteiger charge is 2.55. The van der Waals surface area contributed by atoms with Crippen LogP contribution >= 0.6 is 0 Å². The van der Waals surface area contributed by atoms with Crippen LogP contribution in [0.15, 0.2) is 30.3 Å². The van der Waals surface area contributed by atoms with Crippen molar-refractivity contribution in [2.24, 2.45) is 0 Å². The molecule has 0 saturated carbocycles. The van der Waals surface area contributed by atoms with Gasteiger partial charge in [0.15, 0.2) is 0 Å². The Morgan fingerprint density at radius 1 is 1.07 bits per heavy atom. The summed E-state index contributed by atoms with van der Waals surface area (Å²) >= 11 is 0. The predicted molar refractivity (Wildman–Crippen MR) is 110 cm³/mol. The molecule has 3 rings (SSSR count). The second-order valence-corrected chi connectivity index (χ2v) is 9.01. The van der Waals surface area contributed by atoms with E-state index >= 15 is 0 Å². The molecule has 0 spiro atoms. The third kappa shape index (κ3) is 4.24. The zero-order chi connectivity index (χ0) is 19.7. The maximum atomic E-state index is 13.0. The Morgan fingerprint density at radius 3 is 2.15 bits per heavy atom. The number of carbonyl (C=O) groups excluding carboxylic acids is 1. The maximum Gasteiger partial charge on any atom is 0.462 e. The molecule has 1 amide bonds. The Labute approximate surface area is 164 Å². The molecule has 0 aromatic heterocycles. The molecule has 2 saturated heterocycles. The number of carbonyl (C=O) groups is 1. The topological polar surface area (TPSA) is 38.8 Å². The van der Waals surface area contributed by atoms with Crippen molar-refractivity contribution in [3.63, 3.8) is 0 Å². The molecule has 2 atom stereocenters. The van der Waals surface area contributed by atoms with E-state index in [1.54, 1.807) is 0 Å². The number of hydrogen-bond acceptors (Lipinski definition) is 3. The molecule has 4 nitrogen and oxygen atoms in total. The second kappa shape index (κ2) is 7.96. The largest absolute Gasteiger partial charge is 0.462 e. The quantitative estimate of drug-likeness (QED) is 0.683. The monoisotopic (exact) mass is 371 g/mol. The third-order valence-electron chi connectivity index (χ3n) is 6.67. The fraction of sp³-hybridized carbons (Fsp3) is 0.682. The molecule has 2 fully saturated rings. The Morgan fingerprint density at radius 2 is 1.63 bits per heavy atom. The fourth-order valence-corrected chi connectivity index (χ4v) is 4.27. The van der Waals surface area contributed by atoms with E-state index in [0.717, 1.165) is 32.4 Å². The number of amides is 1. The molecule has 1 aromatic carbocycles. The minimum Gasteiger partial charge on any atom is -0.403 e. The summed E-state index contributed by atoms with van der Waals surface area (Å²) in [6, 6.07) is 10.5. The second-order valence-electron chi connectivity index (χ2n) is 9.01. The van der Waals surface area contributed by atoms with E-state index in [4.69, 9.17) is 9.31 Å². The highest BCUT2D eigenvalue weighted by atomic mass is 16.7. The molecule has 2 aliphatic heterocycles. The normalized spacial score (nSPS) is 23.4. The Balaban J connectivity index is 1.87. The molecule has 1 aromatic rings. The van der Waals surface area contributed by atoms with Crippen molar-refractivity contribution in [1.82, 2.24) is 4.90 Å². The SMILES string of the molecule is CC[C@@H](c1ccccc1)[C@@H](CC(=O)N1CCCC1)B1OC(C)(C)C(C)(C)O1. The lowest BCUT2D eigenvalue weighted by atomic mass is 9.60. The standard InChI is InChI=1S/C22H34BNO3/c1-6-18(17-12-8-7-9-13-17)19(16-20(25)24-14-10-11-15-24)23-26-21(2,3)22(4,5)27-23/h7-9,12-13,18-19H,6,10-11,14-16H2,1-5H3/t18-,19+/m0/s1. The van der Waals surface area contributed by atoms with Crippen molar-refractivity contribution in [3.05, 3.63) is 35.9 Å². The van der Waals surface area contributed by atoms with E-state index in [9.17, 15) is 4.79 Å². The molecule has 0 bridgehead atoms. The number of nitrogens with zero attached hydrogens (tertiary/aromatic N) is 1. The van der Waals surface area contributed by atoms with Crippen molar-refractivity contribution in [2.45, 2.75) is 83.2 Å². The van der Waals surface area contributed by atoms with Crippen LogP contribution in [0.2, 0.25) is 5.82 Å². The molecular formula is C22H34BNO3. The summed E-state index contributed by atoms with van der Waals surface area (Å²) in [7, 11) is -0.369. The predicted octanol–water partition coefficient (Wildman–Crippen LogP) is 4.66. The molecular weight excluding hydrogens is 337 g/mol. The van der Waals surface area contributed by atoms with Gasteiger partial charge in [0, 0.05) is 25.3 Å². The van der Waals surface area contributed by atoms with Crippen LogP contribution in [-0.4, -0.2) is 42.2 Å².